The molecule has 0 saturated heterocycles. The maximum Gasteiger partial charge on any atom is 0.512 e. The number of hydrogen-bond donors (Lipinski definition) is 1. The van der Waals surface area contributed by atoms with E-state index in [1.54, 1.807) is 23.3 Å². The molecule has 0 radical (unpaired) electrons. The molecule has 122 valence electrons. The standard InChI is InChI=1S/C9H15F3N3O4S2/c1-2-14-5-6-15(8-14)4-3-7-20(16,17)13-21(18,19)9(10,11)12/h5-6,8,13H,2-4,7H2,1H3/q+1. The first kappa shape index (κ1) is 17.9. The van der Waals surface area contributed by atoms with E-state index in [1.165, 1.54) is 0 Å². The van der Waals surface area contributed by atoms with Crippen LogP contribution < -0.4 is 8.69 Å². The molecule has 0 atom stereocenters. The SMILES string of the molecule is CCn1cc[n+](CCCS(=O)(=O)NS(=O)(=O)C(F)(F)F)c1. The third-order valence-electron chi connectivity index (χ3n) is 2.48. The first-order valence-corrected chi connectivity index (χ1v) is 8.98. The molecule has 0 aliphatic heterocycles. The highest BCUT2D eigenvalue weighted by molar-refractivity contribution is 8.05. The number of aryl methyl sites for hydroxylation is 2. The van der Waals surface area contributed by atoms with Crippen molar-refractivity contribution in [3.8, 4) is 0 Å². The Labute approximate surface area is 120 Å². The number of imidazole rings is 1. The minimum absolute atomic E-state index is 0.0267. The maximum atomic E-state index is 12.1. The number of rotatable bonds is 7. The highest BCUT2D eigenvalue weighted by atomic mass is 32.3. The lowest BCUT2D eigenvalue weighted by Gasteiger charge is -2.09. The fraction of sp³-hybridized carbons (Fsp3) is 0.667. The fourth-order valence-corrected chi connectivity index (χ4v) is 4.01. The number of alkyl halides is 3. The van der Waals surface area contributed by atoms with Crippen LogP contribution in [0.3, 0.4) is 0 Å². The Balaban J connectivity index is 2.58. The molecule has 0 aromatic carbocycles. The molecule has 1 heterocycles. The Morgan fingerprint density at radius 3 is 2.33 bits per heavy atom. The van der Waals surface area contributed by atoms with Gasteiger partial charge in [-0.3, -0.25) is 0 Å². The molecule has 0 saturated carbocycles. The van der Waals surface area contributed by atoms with E-state index in [4.69, 9.17) is 0 Å². The number of nitrogens with zero attached hydrogens (tertiary/aromatic N) is 2. The van der Waals surface area contributed by atoms with E-state index < -0.39 is 31.3 Å². The van der Waals surface area contributed by atoms with Gasteiger partial charge in [-0.1, -0.05) is 0 Å². The van der Waals surface area contributed by atoms with Gasteiger partial charge in [-0.05, 0) is 6.92 Å². The first-order chi connectivity index (χ1) is 9.47. The smallest absolute Gasteiger partial charge is 0.237 e. The Kier molecular flexibility index (Phi) is 5.39. The van der Waals surface area contributed by atoms with Crippen molar-refractivity contribution >= 4 is 20.0 Å². The topological polar surface area (TPSA) is 89.1 Å². The first-order valence-electron chi connectivity index (χ1n) is 5.84. The van der Waals surface area contributed by atoms with Crippen molar-refractivity contribution in [3.05, 3.63) is 18.7 Å². The van der Waals surface area contributed by atoms with Crippen molar-refractivity contribution in [1.82, 2.24) is 8.69 Å². The lowest BCUT2D eigenvalue weighted by molar-refractivity contribution is -0.696. The van der Waals surface area contributed by atoms with Crippen LogP contribution in [0.2, 0.25) is 0 Å². The van der Waals surface area contributed by atoms with Crippen LogP contribution in [-0.4, -0.2) is 32.7 Å². The van der Waals surface area contributed by atoms with Gasteiger partial charge in [0, 0.05) is 6.42 Å². The average Bonchev–Trinajstić information content (AvgIpc) is 2.73. The monoisotopic (exact) mass is 350 g/mol. The van der Waals surface area contributed by atoms with Gasteiger partial charge in [0.2, 0.25) is 16.4 Å². The summed E-state index contributed by atoms with van der Waals surface area (Å²) in [4.78, 5) is 0. The van der Waals surface area contributed by atoms with Crippen molar-refractivity contribution in [3.63, 3.8) is 0 Å². The summed E-state index contributed by atoms with van der Waals surface area (Å²) < 4.78 is 84.5. The second-order valence-electron chi connectivity index (χ2n) is 4.19. The van der Waals surface area contributed by atoms with Gasteiger partial charge >= 0.3 is 15.5 Å². The minimum Gasteiger partial charge on any atom is -0.237 e. The lowest BCUT2D eigenvalue weighted by atomic mass is 10.5. The van der Waals surface area contributed by atoms with Crippen LogP contribution >= 0.6 is 0 Å². The summed E-state index contributed by atoms with van der Waals surface area (Å²) in [5.74, 6) is -0.730. The number of sulfonamides is 2. The van der Waals surface area contributed by atoms with Crippen LogP contribution in [0.4, 0.5) is 13.2 Å². The number of nitrogens with one attached hydrogen (secondary N) is 1. The lowest BCUT2D eigenvalue weighted by Crippen LogP contribution is -2.42. The molecule has 7 nitrogen and oxygen atoms in total. The van der Waals surface area contributed by atoms with Crippen molar-refractivity contribution in [2.45, 2.75) is 31.9 Å². The van der Waals surface area contributed by atoms with Crippen LogP contribution in [0.25, 0.3) is 0 Å². The van der Waals surface area contributed by atoms with Crippen molar-refractivity contribution < 1.29 is 34.6 Å². The molecule has 0 spiro atoms. The van der Waals surface area contributed by atoms with Crippen molar-refractivity contribution in [1.29, 1.82) is 0 Å². The third kappa shape index (κ3) is 5.28. The zero-order valence-electron chi connectivity index (χ0n) is 11.0. The molecule has 0 amide bonds. The predicted octanol–water partition coefficient (Wildman–Crippen LogP) is -0.0454. The second kappa shape index (κ2) is 6.32. The van der Waals surface area contributed by atoms with E-state index >= 15 is 0 Å². The van der Waals surface area contributed by atoms with E-state index in [9.17, 15) is 30.0 Å². The van der Waals surface area contributed by atoms with E-state index in [1.807, 2.05) is 11.5 Å². The van der Waals surface area contributed by atoms with Gasteiger partial charge in [-0.25, -0.2) is 26.0 Å². The van der Waals surface area contributed by atoms with E-state index in [-0.39, 0.29) is 13.0 Å². The van der Waals surface area contributed by atoms with Gasteiger partial charge < -0.3 is 0 Å². The molecule has 0 bridgehead atoms. The minimum atomic E-state index is -5.90. The molecule has 1 aromatic heterocycles. The van der Waals surface area contributed by atoms with Gasteiger partial charge in [0.05, 0.1) is 18.8 Å². The predicted molar refractivity (Wildman–Crippen MR) is 66.8 cm³/mol. The van der Waals surface area contributed by atoms with Crippen LogP contribution in [0.1, 0.15) is 13.3 Å². The second-order valence-corrected chi connectivity index (χ2v) is 7.96. The highest BCUT2D eigenvalue weighted by Crippen LogP contribution is 2.22. The van der Waals surface area contributed by atoms with Gasteiger partial charge in [0.1, 0.15) is 12.4 Å². The normalized spacial score (nSPS) is 13.5. The Bertz CT molecular complexity index is 679. The van der Waals surface area contributed by atoms with Gasteiger partial charge in [-0.2, -0.15) is 13.2 Å². The van der Waals surface area contributed by atoms with Crippen molar-refractivity contribution in [2.75, 3.05) is 5.75 Å². The molecule has 12 heteroatoms. The summed E-state index contributed by atoms with van der Waals surface area (Å²) >= 11 is 0. The van der Waals surface area contributed by atoms with Crippen LogP contribution in [0.5, 0.6) is 0 Å². The molecule has 0 fully saturated rings. The molecule has 0 aliphatic carbocycles. The average molecular weight is 350 g/mol. The van der Waals surface area contributed by atoms with Gasteiger partial charge in [0.25, 0.3) is 0 Å². The third-order valence-corrected chi connectivity index (χ3v) is 5.81. The molecule has 0 unspecified atom stereocenters. The summed E-state index contributed by atoms with van der Waals surface area (Å²) in [5.41, 5.74) is -5.66. The van der Waals surface area contributed by atoms with Crippen LogP contribution in [0, 0.1) is 0 Å². The number of aromatic nitrogens is 2. The van der Waals surface area contributed by atoms with E-state index in [0.717, 1.165) is 6.54 Å². The van der Waals surface area contributed by atoms with Gasteiger partial charge in [-0.15, -0.1) is 4.13 Å². The zero-order valence-corrected chi connectivity index (χ0v) is 12.7. The summed E-state index contributed by atoms with van der Waals surface area (Å²) in [5, 5.41) is 0. The molecular weight excluding hydrogens is 335 g/mol. The Morgan fingerprint density at radius 2 is 1.86 bits per heavy atom. The van der Waals surface area contributed by atoms with Gasteiger partial charge in [0.15, 0.2) is 0 Å². The summed E-state index contributed by atoms with van der Waals surface area (Å²) in [7, 11) is -10.5. The number of hydrogen-bond acceptors (Lipinski definition) is 4. The quantitative estimate of drug-likeness (QED) is 0.699. The largest absolute Gasteiger partial charge is 0.512 e. The molecule has 1 aromatic rings. The fourth-order valence-electron chi connectivity index (χ4n) is 1.45. The van der Waals surface area contributed by atoms with Crippen molar-refractivity contribution in [2.24, 2.45) is 0 Å². The van der Waals surface area contributed by atoms with E-state index in [2.05, 4.69) is 0 Å². The summed E-state index contributed by atoms with van der Waals surface area (Å²) in [6.07, 6.45) is 5.10. The number of halogens is 3. The van der Waals surface area contributed by atoms with E-state index in [0.29, 0.717) is 4.13 Å². The summed E-state index contributed by atoms with van der Waals surface area (Å²) in [6.45, 7) is 2.86. The maximum absolute atomic E-state index is 12.1. The summed E-state index contributed by atoms with van der Waals surface area (Å²) in [6, 6.07) is 0. The molecule has 21 heavy (non-hydrogen) atoms. The molecule has 1 rings (SSSR count). The Hall–Kier alpha value is -1.14. The Morgan fingerprint density at radius 1 is 1.24 bits per heavy atom. The molecular formula is C9H15F3N3O4S2+. The highest BCUT2D eigenvalue weighted by Gasteiger charge is 2.48. The zero-order chi connectivity index (χ0) is 16.3. The van der Waals surface area contributed by atoms with Crippen LogP contribution in [0.15, 0.2) is 18.7 Å². The molecule has 0 aliphatic rings. The van der Waals surface area contributed by atoms with Crippen LogP contribution in [-0.2, 0) is 33.1 Å². The molecule has 1 N–H and O–H groups in total.